The average molecular weight is 555 g/mol. The molecule has 0 spiro atoms. The second-order valence-electron chi connectivity index (χ2n) is 9.85. The van der Waals surface area contributed by atoms with Crippen molar-refractivity contribution in [2.75, 3.05) is 27.2 Å². The molecule has 0 radical (unpaired) electrons. The van der Waals surface area contributed by atoms with Gasteiger partial charge in [-0.05, 0) is 76.1 Å². The van der Waals surface area contributed by atoms with E-state index in [1.165, 1.54) is 26.4 Å². The average Bonchev–Trinajstić information content (AvgIpc) is 2.89. The van der Waals surface area contributed by atoms with Crippen LogP contribution in [-0.4, -0.2) is 60.5 Å². The Bertz CT molecular complexity index is 993. The predicted octanol–water partition coefficient (Wildman–Crippen LogP) is 6.30. The molecule has 206 valence electrons. The van der Waals surface area contributed by atoms with Crippen LogP contribution >= 0.6 is 24.8 Å². The van der Waals surface area contributed by atoms with Gasteiger partial charge in [0.25, 0.3) is 0 Å². The summed E-state index contributed by atoms with van der Waals surface area (Å²) < 4.78 is 17.6. The Balaban J connectivity index is 0.00000241. The van der Waals surface area contributed by atoms with Crippen LogP contribution in [0.2, 0.25) is 0 Å². The van der Waals surface area contributed by atoms with Crippen LogP contribution in [0, 0.1) is 0 Å². The second-order valence-corrected chi connectivity index (χ2v) is 9.85. The molecule has 1 saturated carbocycles. The highest BCUT2D eigenvalue weighted by Gasteiger charge is 2.23. The largest absolute Gasteiger partial charge is 0.490 e. The topological polar surface area (TPSA) is 73.8 Å². The van der Waals surface area contributed by atoms with E-state index in [1.807, 2.05) is 24.3 Å². The number of methoxy groups -OCH3 is 1. The van der Waals surface area contributed by atoms with Gasteiger partial charge in [-0.15, -0.1) is 29.9 Å². The van der Waals surface area contributed by atoms with Gasteiger partial charge in [0.2, 0.25) is 5.88 Å². The molecular formula is C28H41Cl2N3O4. The van der Waals surface area contributed by atoms with Crippen molar-refractivity contribution in [1.29, 1.82) is 0 Å². The highest BCUT2D eigenvalue weighted by molar-refractivity contribution is 5.94. The summed E-state index contributed by atoms with van der Waals surface area (Å²) >= 11 is 0. The summed E-state index contributed by atoms with van der Waals surface area (Å²) in [4.78, 5) is 15.0. The first-order valence-electron chi connectivity index (χ1n) is 13.2. The summed E-state index contributed by atoms with van der Waals surface area (Å²) in [6.07, 6.45) is 10.8. The number of aromatic nitrogens is 2. The number of rotatable bonds is 9. The number of hydrogen-bond donors (Lipinski definition) is 0. The number of halogens is 2. The van der Waals surface area contributed by atoms with Crippen molar-refractivity contribution < 1.29 is 19.0 Å². The van der Waals surface area contributed by atoms with Crippen molar-refractivity contribution in [3.05, 3.63) is 35.5 Å². The van der Waals surface area contributed by atoms with Crippen LogP contribution in [0.15, 0.2) is 24.3 Å². The SMILES string of the molecule is CCCCc1nnc(OC2CCN(C)CC2)cc1-c1ccc(OC2CCCCC2)c(C(=O)OC)c1.Cl.Cl. The first-order valence-corrected chi connectivity index (χ1v) is 13.2. The molecule has 1 aromatic heterocycles. The fourth-order valence-electron chi connectivity index (χ4n) is 4.94. The summed E-state index contributed by atoms with van der Waals surface area (Å²) in [6, 6.07) is 7.76. The van der Waals surface area contributed by atoms with Crippen molar-refractivity contribution in [3.63, 3.8) is 0 Å². The smallest absolute Gasteiger partial charge is 0.341 e. The molecule has 2 aliphatic rings. The molecule has 4 rings (SSSR count). The fraction of sp³-hybridized carbons (Fsp3) is 0.607. The number of unbranched alkanes of at least 4 members (excludes halogenated alkanes) is 1. The van der Waals surface area contributed by atoms with Gasteiger partial charge in [0.05, 0.1) is 18.9 Å². The first kappa shape index (κ1) is 31.1. The molecule has 1 aromatic carbocycles. The second kappa shape index (κ2) is 15.4. The number of nitrogens with zero attached hydrogens (tertiary/aromatic N) is 3. The fourth-order valence-corrected chi connectivity index (χ4v) is 4.94. The van der Waals surface area contributed by atoms with Crippen LogP contribution < -0.4 is 9.47 Å². The molecule has 0 unspecified atom stereocenters. The normalized spacial score (nSPS) is 16.8. The molecule has 2 heterocycles. The molecule has 1 saturated heterocycles. The zero-order valence-corrected chi connectivity index (χ0v) is 23.9. The van der Waals surface area contributed by atoms with Crippen LogP contribution in [0.5, 0.6) is 11.6 Å². The van der Waals surface area contributed by atoms with Gasteiger partial charge in [0.1, 0.15) is 17.4 Å². The van der Waals surface area contributed by atoms with Gasteiger partial charge >= 0.3 is 5.97 Å². The van der Waals surface area contributed by atoms with Crippen LogP contribution in [0.3, 0.4) is 0 Å². The Morgan fingerprint density at radius 2 is 1.68 bits per heavy atom. The molecule has 0 amide bonds. The number of aryl methyl sites for hydroxylation is 1. The number of hydrogen-bond acceptors (Lipinski definition) is 7. The van der Waals surface area contributed by atoms with Crippen LogP contribution in [0.1, 0.15) is 80.8 Å². The number of benzene rings is 1. The maximum Gasteiger partial charge on any atom is 0.341 e. The molecule has 37 heavy (non-hydrogen) atoms. The Labute approximate surface area is 233 Å². The Hall–Kier alpha value is -2.09. The molecule has 1 aliphatic carbocycles. The van der Waals surface area contributed by atoms with E-state index in [0.717, 1.165) is 74.9 Å². The summed E-state index contributed by atoms with van der Waals surface area (Å²) in [5.74, 6) is 0.738. The lowest BCUT2D eigenvalue weighted by Crippen LogP contribution is -2.35. The van der Waals surface area contributed by atoms with Crippen molar-refractivity contribution >= 4 is 30.8 Å². The molecule has 0 N–H and O–H groups in total. The number of carbonyl (C=O) groups is 1. The minimum Gasteiger partial charge on any atom is -0.490 e. The van der Waals surface area contributed by atoms with E-state index in [-0.39, 0.29) is 37.0 Å². The number of esters is 1. The highest BCUT2D eigenvalue weighted by Crippen LogP contribution is 2.33. The summed E-state index contributed by atoms with van der Waals surface area (Å²) in [5.41, 5.74) is 3.22. The zero-order chi connectivity index (χ0) is 24.6. The van der Waals surface area contributed by atoms with Gasteiger partial charge in [0.15, 0.2) is 0 Å². The van der Waals surface area contributed by atoms with Gasteiger partial charge in [-0.1, -0.05) is 25.8 Å². The van der Waals surface area contributed by atoms with E-state index in [2.05, 4.69) is 29.1 Å². The highest BCUT2D eigenvalue weighted by atomic mass is 35.5. The number of ether oxygens (including phenoxy) is 3. The molecule has 2 aromatic rings. The summed E-state index contributed by atoms with van der Waals surface area (Å²) in [6.45, 7) is 4.20. The molecular weight excluding hydrogens is 513 g/mol. The monoisotopic (exact) mass is 553 g/mol. The molecule has 7 nitrogen and oxygen atoms in total. The van der Waals surface area contributed by atoms with Gasteiger partial charge in [-0.25, -0.2) is 4.79 Å². The van der Waals surface area contributed by atoms with Crippen molar-refractivity contribution in [2.45, 2.75) is 83.3 Å². The van der Waals surface area contributed by atoms with E-state index >= 15 is 0 Å². The van der Waals surface area contributed by atoms with E-state index < -0.39 is 5.97 Å². The molecule has 2 fully saturated rings. The maximum atomic E-state index is 12.7. The minimum atomic E-state index is -0.391. The van der Waals surface area contributed by atoms with Crippen LogP contribution in [0.25, 0.3) is 11.1 Å². The number of carbonyl (C=O) groups excluding carboxylic acids is 1. The predicted molar refractivity (Wildman–Crippen MR) is 151 cm³/mol. The lowest BCUT2D eigenvalue weighted by Gasteiger charge is -2.29. The van der Waals surface area contributed by atoms with E-state index in [9.17, 15) is 4.79 Å². The van der Waals surface area contributed by atoms with Crippen LogP contribution in [0.4, 0.5) is 0 Å². The van der Waals surface area contributed by atoms with Crippen LogP contribution in [-0.2, 0) is 11.2 Å². The molecule has 0 atom stereocenters. The molecule has 1 aliphatic heterocycles. The quantitative estimate of drug-likeness (QED) is 0.337. The van der Waals surface area contributed by atoms with Gasteiger partial charge in [-0.3, -0.25) is 0 Å². The van der Waals surface area contributed by atoms with Gasteiger partial charge < -0.3 is 19.1 Å². The Kier molecular flexibility index (Phi) is 12.9. The minimum absolute atomic E-state index is 0. The third-order valence-corrected chi connectivity index (χ3v) is 7.11. The summed E-state index contributed by atoms with van der Waals surface area (Å²) in [5, 5.41) is 8.95. The first-order chi connectivity index (χ1) is 17.1. The maximum absolute atomic E-state index is 12.7. The number of likely N-dealkylation sites (tertiary alicyclic amines) is 1. The zero-order valence-electron chi connectivity index (χ0n) is 22.2. The van der Waals surface area contributed by atoms with Gasteiger partial charge in [0, 0.05) is 24.7 Å². The standard InChI is InChI=1S/C28H39N3O4.2ClH/c1-4-5-11-25-23(19-27(30-29-25)35-22-14-16-31(2)17-15-22)20-12-13-26(24(18-20)28(32)33-3)34-21-9-7-6-8-10-21;;/h12-13,18-19,21-22H,4-11,14-17H2,1-3H3;2*1H. The molecule has 9 heteroatoms. The van der Waals surface area contributed by atoms with E-state index in [0.29, 0.717) is 17.2 Å². The Morgan fingerprint density at radius 1 is 0.973 bits per heavy atom. The molecule has 0 bridgehead atoms. The lowest BCUT2D eigenvalue weighted by atomic mass is 9.97. The third kappa shape index (κ3) is 8.45. The van der Waals surface area contributed by atoms with E-state index in [1.54, 1.807) is 0 Å². The van der Waals surface area contributed by atoms with Crippen molar-refractivity contribution in [2.24, 2.45) is 0 Å². The van der Waals surface area contributed by atoms with E-state index in [4.69, 9.17) is 14.2 Å². The Morgan fingerprint density at radius 3 is 2.35 bits per heavy atom. The lowest BCUT2D eigenvalue weighted by molar-refractivity contribution is 0.0590. The number of piperidine rings is 1. The third-order valence-electron chi connectivity index (χ3n) is 7.11. The van der Waals surface area contributed by atoms with Crippen molar-refractivity contribution in [3.8, 4) is 22.8 Å². The van der Waals surface area contributed by atoms with Crippen molar-refractivity contribution in [1.82, 2.24) is 15.1 Å². The summed E-state index contributed by atoms with van der Waals surface area (Å²) in [7, 11) is 3.55. The van der Waals surface area contributed by atoms with Gasteiger partial charge in [-0.2, -0.15) is 5.10 Å².